The fraction of sp³-hybridized carbons (Fsp3) is 0.375. The van der Waals surface area contributed by atoms with Crippen molar-refractivity contribution in [1.82, 2.24) is 15.6 Å². The Bertz CT molecular complexity index is 646. The number of benzene rings is 1. The molecular formula is C16H21ClN4S. The molecule has 0 bridgehead atoms. The lowest BCUT2D eigenvalue weighted by molar-refractivity contribution is 0.685. The van der Waals surface area contributed by atoms with Gasteiger partial charge in [0.1, 0.15) is 5.01 Å². The van der Waals surface area contributed by atoms with Gasteiger partial charge in [0.2, 0.25) is 0 Å². The van der Waals surface area contributed by atoms with Crippen molar-refractivity contribution < 1.29 is 0 Å². The molecule has 118 valence electrons. The van der Waals surface area contributed by atoms with Crippen molar-refractivity contribution in [2.45, 2.75) is 33.4 Å². The molecule has 0 aliphatic heterocycles. The van der Waals surface area contributed by atoms with Gasteiger partial charge < -0.3 is 10.6 Å². The van der Waals surface area contributed by atoms with E-state index < -0.39 is 0 Å². The van der Waals surface area contributed by atoms with Gasteiger partial charge in [-0.2, -0.15) is 0 Å². The average molecular weight is 337 g/mol. The van der Waals surface area contributed by atoms with E-state index in [1.54, 1.807) is 18.4 Å². The standard InChI is InChI=1S/C16H21ClN4S/c1-10-12(3)22-15(20-10)9-19-16(18-4)21-11(2)13-7-5-6-8-14(13)17/h5-8,11H,9H2,1-4H3,(H2,18,19,21). The van der Waals surface area contributed by atoms with Gasteiger partial charge in [-0.05, 0) is 32.4 Å². The van der Waals surface area contributed by atoms with Crippen molar-refractivity contribution >= 4 is 28.9 Å². The molecule has 0 fully saturated rings. The molecule has 6 heteroatoms. The Balaban J connectivity index is 1.96. The van der Waals surface area contributed by atoms with E-state index in [0.29, 0.717) is 6.54 Å². The topological polar surface area (TPSA) is 49.3 Å². The molecule has 2 aromatic rings. The molecule has 0 aliphatic rings. The van der Waals surface area contributed by atoms with Crippen LogP contribution in [0, 0.1) is 13.8 Å². The van der Waals surface area contributed by atoms with E-state index in [1.807, 2.05) is 31.2 Å². The maximum absolute atomic E-state index is 6.23. The minimum atomic E-state index is 0.0691. The van der Waals surface area contributed by atoms with Gasteiger partial charge in [0.25, 0.3) is 0 Å². The predicted molar refractivity (Wildman–Crippen MR) is 94.8 cm³/mol. The summed E-state index contributed by atoms with van der Waals surface area (Å²) < 4.78 is 0. The third-order valence-corrected chi connectivity index (χ3v) is 4.85. The van der Waals surface area contributed by atoms with E-state index in [4.69, 9.17) is 11.6 Å². The average Bonchev–Trinajstić information content (AvgIpc) is 2.82. The summed E-state index contributed by atoms with van der Waals surface area (Å²) in [5.74, 6) is 0.734. The molecule has 2 N–H and O–H groups in total. The fourth-order valence-corrected chi connectivity index (χ4v) is 3.25. The summed E-state index contributed by atoms with van der Waals surface area (Å²) in [5.41, 5.74) is 2.14. The van der Waals surface area contributed by atoms with E-state index in [-0.39, 0.29) is 6.04 Å². The van der Waals surface area contributed by atoms with Crippen LogP contribution in [0.25, 0.3) is 0 Å². The molecule has 0 amide bonds. The van der Waals surface area contributed by atoms with Gasteiger partial charge in [-0.3, -0.25) is 4.99 Å². The number of aromatic nitrogens is 1. The highest BCUT2D eigenvalue weighted by Gasteiger charge is 2.11. The number of hydrogen-bond acceptors (Lipinski definition) is 3. The number of nitrogens with zero attached hydrogens (tertiary/aromatic N) is 2. The molecule has 0 radical (unpaired) electrons. The van der Waals surface area contributed by atoms with Crippen LogP contribution in [0.1, 0.15) is 34.1 Å². The summed E-state index contributed by atoms with van der Waals surface area (Å²) in [7, 11) is 1.76. The number of halogens is 1. The molecule has 1 unspecified atom stereocenters. The maximum atomic E-state index is 6.23. The summed E-state index contributed by atoms with van der Waals surface area (Å²) in [6, 6.07) is 7.89. The first-order chi connectivity index (χ1) is 10.5. The third-order valence-electron chi connectivity index (χ3n) is 3.43. The van der Waals surface area contributed by atoms with Gasteiger partial charge in [0, 0.05) is 16.9 Å². The van der Waals surface area contributed by atoms with Crippen LogP contribution in [0.4, 0.5) is 0 Å². The molecule has 2 rings (SSSR count). The maximum Gasteiger partial charge on any atom is 0.191 e. The second kappa shape index (κ2) is 7.61. The lowest BCUT2D eigenvalue weighted by atomic mass is 10.1. The highest BCUT2D eigenvalue weighted by Crippen LogP contribution is 2.22. The van der Waals surface area contributed by atoms with Gasteiger partial charge in [-0.25, -0.2) is 4.98 Å². The Hall–Kier alpha value is -1.59. The van der Waals surface area contributed by atoms with E-state index in [9.17, 15) is 0 Å². The summed E-state index contributed by atoms with van der Waals surface area (Å²) in [5, 5.41) is 8.45. The molecule has 4 nitrogen and oxygen atoms in total. The normalized spacial score (nSPS) is 13.0. The Morgan fingerprint density at radius 3 is 2.68 bits per heavy atom. The highest BCUT2D eigenvalue weighted by molar-refractivity contribution is 7.11. The third kappa shape index (κ3) is 4.21. The quantitative estimate of drug-likeness (QED) is 0.658. The van der Waals surface area contributed by atoms with E-state index in [1.165, 1.54) is 4.88 Å². The summed E-state index contributed by atoms with van der Waals surface area (Å²) in [6.07, 6.45) is 0. The van der Waals surface area contributed by atoms with Crippen LogP contribution in [0.5, 0.6) is 0 Å². The lowest BCUT2D eigenvalue weighted by Gasteiger charge is -2.18. The van der Waals surface area contributed by atoms with Crippen molar-refractivity contribution in [3.8, 4) is 0 Å². The van der Waals surface area contributed by atoms with E-state index in [0.717, 1.165) is 27.2 Å². The first-order valence-corrected chi connectivity index (χ1v) is 8.35. The summed E-state index contributed by atoms with van der Waals surface area (Å²) >= 11 is 7.94. The van der Waals surface area contributed by atoms with Crippen molar-refractivity contribution in [2.75, 3.05) is 7.05 Å². The highest BCUT2D eigenvalue weighted by atomic mass is 35.5. The molecule has 0 saturated heterocycles. The second-order valence-electron chi connectivity index (χ2n) is 5.06. The summed E-state index contributed by atoms with van der Waals surface area (Å²) in [4.78, 5) is 10.0. The van der Waals surface area contributed by atoms with Crippen LogP contribution in [-0.2, 0) is 6.54 Å². The van der Waals surface area contributed by atoms with Crippen molar-refractivity contribution in [1.29, 1.82) is 0 Å². The minimum Gasteiger partial charge on any atom is -0.350 e. The Kier molecular flexibility index (Phi) is 5.80. The predicted octanol–water partition coefficient (Wildman–Crippen LogP) is 3.84. The van der Waals surface area contributed by atoms with Crippen LogP contribution in [-0.4, -0.2) is 18.0 Å². The fourth-order valence-electron chi connectivity index (χ4n) is 2.08. The molecule has 0 spiro atoms. The van der Waals surface area contributed by atoms with Crippen molar-refractivity contribution in [3.63, 3.8) is 0 Å². The van der Waals surface area contributed by atoms with Crippen LogP contribution >= 0.6 is 22.9 Å². The summed E-state index contributed by atoms with van der Waals surface area (Å²) in [6.45, 7) is 6.84. The number of rotatable bonds is 4. The molecule has 1 heterocycles. The number of nitrogens with one attached hydrogen (secondary N) is 2. The van der Waals surface area contributed by atoms with Crippen LogP contribution in [0.2, 0.25) is 5.02 Å². The van der Waals surface area contributed by atoms with Crippen LogP contribution < -0.4 is 10.6 Å². The van der Waals surface area contributed by atoms with E-state index in [2.05, 4.69) is 34.5 Å². The lowest BCUT2D eigenvalue weighted by Crippen LogP contribution is -2.38. The largest absolute Gasteiger partial charge is 0.350 e. The van der Waals surface area contributed by atoms with Crippen molar-refractivity contribution in [3.05, 3.63) is 50.4 Å². The molecular weight excluding hydrogens is 316 g/mol. The second-order valence-corrected chi connectivity index (χ2v) is 6.76. The zero-order chi connectivity index (χ0) is 16.1. The first kappa shape index (κ1) is 16.8. The van der Waals surface area contributed by atoms with Crippen molar-refractivity contribution in [2.24, 2.45) is 4.99 Å². The zero-order valence-corrected chi connectivity index (χ0v) is 14.8. The van der Waals surface area contributed by atoms with Gasteiger partial charge in [-0.15, -0.1) is 11.3 Å². The van der Waals surface area contributed by atoms with Gasteiger partial charge in [0.15, 0.2) is 5.96 Å². The SMILES string of the molecule is CN=C(NCc1nc(C)c(C)s1)NC(C)c1ccccc1Cl. The molecule has 22 heavy (non-hydrogen) atoms. The molecule has 0 aliphatic carbocycles. The Morgan fingerprint density at radius 1 is 1.36 bits per heavy atom. The number of thiazole rings is 1. The van der Waals surface area contributed by atoms with Crippen LogP contribution in [0.15, 0.2) is 29.3 Å². The number of hydrogen-bond donors (Lipinski definition) is 2. The first-order valence-electron chi connectivity index (χ1n) is 7.15. The van der Waals surface area contributed by atoms with Crippen LogP contribution in [0.3, 0.4) is 0 Å². The van der Waals surface area contributed by atoms with E-state index >= 15 is 0 Å². The number of guanidine groups is 1. The molecule has 0 saturated carbocycles. The molecule has 1 aromatic carbocycles. The smallest absolute Gasteiger partial charge is 0.191 e. The monoisotopic (exact) mass is 336 g/mol. The molecule has 1 atom stereocenters. The zero-order valence-electron chi connectivity index (χ0n) is 13.3. The minimum absolute atomic E-state index is 0.0691. The number of aryl methyl sites for hydroxylation is 2. The molecule has 1 aromatic heterocycles. The van der Waals surface area contributed by atoms with Gasteiger partial charge in [0.05, 0.1) is 18.3 Å². The van der Waals surface area contributed by atoms with Gasteiger partial charge >= 0.3 is 0 Å². The Labute approximate surface area is 140 Å². The Morgan fingerprint density at radius 2 is 2.09 bits per heavy atom. The number of aliphatic imine (C=N–C) groups is 1. The van der Waals surface area contributed by atoms with Gasteiger partial charge in [-0.1, -0.05) is 29.8 Å².